The fourth-order valence-electron chi connectivity index (χ4n) is 9.76. The van der Waals surface area contributed by atoms with E-state index in [9.17, 15) is 9.59 Å². The third-order valence-electron chi connectivity index (χ3n) is 13.8. The van der Waals surface area contributed by atoms with E-state index in [0.717, 1.165) is 133 Å². The second-order valence-electron chi connectivity index (χ2n) is 22.2. The first-order chi connectivity index (χ1) is 38.6. The van der Waals surface area contributed by atoms with E-state index in [0.29, 0.717) is 11.9 Å². The topological polar surface area (TPSA) is 285 Å². The zero-order valence-electron chi connectivity index (χ0n) is 47.3. The summed E-state index contributed by atoms with van der Waals surface area (Å²) in [7, 11) is 0. The first-order valence-corrected chi connectivity index (χ1v) is 27.3. The average Bonchev–Trinajstić information content (AvgIpc) is 4.36. The number of hydrogen-bond donors (Lipinski definition) is 5. The molecule has 0 aliphatic heterocycles. The number of nitrogens with zero attached hydrogens (tertiary/aromatic N) is 9. The monoisotopic (exact) mass is 1120 g/mol. The lowest BCUT2D eigenvalue weighted by Crippen LogP contribution is -2.54. The molecular weight excluding hydrogens is 1050 g/mol. The summed E-state index contributed by atoms with van der Waals surface area (Å²) in [5.74, 6) is 2.50. The van der Waals surface area contributed by atoms with Gasteiger partial charge in [0.25, 0.3) is 0 Å². The molecule has 2 amide bonds. The van der Waals surface area contributed by atoms with Gasteiger partial charge in [0.15, 0.2) is 0 Å². The molecule has 8 heterocycles. The van der Waals surface area contributed by atoms with Gasteiger partial charge in [-0.25, -0.2) is 39.5 Å². The maximum atomic E-state index is 12.3. The van der Waals surface area contributed by atoms with Gasteiger partial charge in [-0.05, 0) is 156 Å². The minimum absolute atomic E-state index is 0.0120. The number of rotatable bonds is 11. The van der Waals surface area contributed by atoms with E-state index in [1.165, 1.54) is 0 Å². The number of amides is 2. The Balaban J connectivity index is 0.000000189. The van der Waals surface area contributed by atoms with Crippen molar-refractivity contribution in [2.45, 2.75) is 144 Å². The number of anilines is 2. The Bertz CT molecular complexity index is 3760. The number of hydrogen-bond acceptors (Lipinski definition) is 18. The van der Waals surface area contributed by atoms with Crippen LogP contribution in [0.4, 0.5) is 21.5 Å². The highest BCUT2D eigenvalue weighted by molar-refractivity contribution is 7.51. The number of aromatic nitrogens is 10. The van der Waals surface area contributed by atoms with E-state index < -0.39 is 35.0 Å². The minimum Gasteiger partial charge on any atom is -0.444 e. The standard InChI is InChI=1S/C32H35N7O3.C26H31N7O3.O2S/c1-18-16-33-30(35-24-14-15-25(24)36-31(40)41-32(4,5)6)37-28(18)23-17-39(21-10-8-7-9-11-21)29-22(23)12-13-26(34-29)27-19(2)38-42-20(27)3;1-13-11-28-24(30-18-9-10-19(18)31-25(34)35-26(4,5)6)32-22(13)17-12-27-23-16(17)7-8-20(29-23)21-14(2)33-36-15(21)3;1-3-2/h7-13,16-17,24-25H,14-15H2,1-6H3,(H,36,40)(H,33,35,37);7-8,11-12,18-19H,9-10H2,1-6H3,(H,27,29)(H,31,34)(H,28,30,32);/t24-,25-;18-,19-;/m00./s1. The maximum Gasteiger partial charge on any atom is 0.407 e. The molecule has 0 spiro atoms. The van der Waals surface area contributed by atoms with Gasteiger partial charge in [-0.15, -0.1) is 0 Å². The van der Waals surface area contributed by atoms with E-state index >= 15 is 0 Å². The van der Waals surface area contributed by atoms with Crippen LogP contribution in [0.25, 0.3) is 72.8 Å². The molecule has 0 saturated heterocycles. The number of para-hydroxylation sites is 1. The Hall–Kier alpha value is -8.86. The van der Waals surface area contributed by atoms with Gasteiger partial charge in [0, 0.05) is 64.5 Å². The first kappa shape index (κ1) is 56.8. The number of fused-ring (bicyclic) bond motifs is 2. The molecule has 9 aromatic rings. The molecule has 0 radical (unpaired) electrons. The van der Waals surface area contributed by atoms with Crippen molar-refractivity contribution in [2.75, 3.05) is 10.6 Å². The van der Waals surface area contributed by atoms with Gasteiger partial charge in [-0.2, -0.15) is 8.42 Å². The Morgan fingerprint density at radius 1 is 0.617 bits per heavy atom. The first-order valence-electron chi connectivity index (χ1n) is 26.6. The van der Waals surface area contributed by atoms with Crippen LogP contribution in [0, 0.1) is 41.5 Å². The maximum absolute atomic E-state index is 12.3. The third kappa shape index (κ3) is 12.9. The number of H-pyrrole nitrogens is 1. The van der Waals surface area contributed by atoms with Gasteiger partial charge < -0.3 is 49.3 Å². The number of carbonyl (C=O) groups is 2. The van der Waals surface area contributed by atoms with Gasteiger partial charge in [0.05, 0.1) is 57.4 Å². The minimum atomic E-state index is -0.750. The summed E-state index contributed by atoms with van der Waals surface area (Å²) in [6.07, 6.45) is 10.4. The van der Waals surface area contributed by atoms with Crippen molar-refractivity contribution in [1.82, 2.24) is 60.4 Å². The normalized spacial score (nSPS) is 16.6. The molecule has 22 nitrogen and oxygen atoms in total. The van der Waals surface area contributed by atoms with Crippen molar-refractivity contribution in [3.8, 4) is 50.7 Å². The van der Waals surface area contributed by atoms with E-state index in [1.54, 1.807) is 0 Å². The van der Waals surface area contributed by atoms with Crippen molar-refractivity contribution in [3.63, 3.8) is 0 Å². The predicted molar refractivity (Wildman–Crippen MR) is 307 cm³/mol. The molecule has 11 rings (SSSR count). The Morgan fingerprint density at radius 2 is 1.09 bits per heavy atom. The Kier molecular flexibility index (Phi) is 16.5. The zero-order valence-corrected chi connectivity index (χ0v) is 48.2. The number of pyridine rings is 2. The van der Waals surface area contributed by atoms with Crippen LogP contribution in [-0.2, 0) is 21.0 Å². The number of aryl methyl sites for hydroxylation is 6. The van der Waals surface area contributed by atoms with Crippen LogP contribution in [0.1, 0.15) is 101 Å². The van der Waals surface area contributed by atoms with Crippen LogP contribution in [0.2, 0.25) is 0 Å². The molecule has 2 aliphatic carbocycles. The summed E-state index contributed by atoms with van der Waals surface area (Å²) in [6.45, 7) is 22.7. The largest absolute Gasteiger partial charge is 0.444 e. The van der Waals surface area contributed by atoms with Gasteiger partial charge in [-0.1, -0.05) is 28.5 Å². The third-order valence-corrected chi connectivity index (χ3v) is 13.8. The number of carbonyl (C=O) groups excluding carboxylic acids is 2. The number of alkyl carbamates (subject to hydrolysis) is 2. The predicted octanol–water partition coefficient (Wildman–Crippen LogP) is 10.9. The van der Waals surface area contributed by atoms with Crippen LogP contribution in [0.15, 0.2) is 88.4 Å². The smallest absolute Gasteiger partial charge is 0.407 e. The average molecular weight is 1120 g/mol. The quantitative estimate of drug-likeness (QED) is 0.0804. The summed E-state index contributed by atoms with van der Waals surface area (Å²) in [5.41, 5.74) is 11.9. The van der Waals surface area contributed by atoms with Crippen molar-refractivity contribution in [1.29, 1.82) is 0 Å². The molecule has 5 N–H and O–H groups in total. The highest BCUT2D eigenvalue weighted by Crippen LogP contribution is 2.37. The molecule has 422 valence electrons. The highest BCUT2D eigenvalue weighted by Gasteiger charge is 2.36. The molecule has 2 saturated carbocycles. The molecule has 0 unspecified atom stereocenters. The summed E-state index contributed by atoms with van der Waals surface area (Å²) in [4.78, 5) is 56.5. The second kappa shape index (κ2) is 23.5. The van der Waals surface area contributed by atoms with Crippen molar-refractivity contribution in [2.24, 2.45) is 0 Å². The summed E-state index contributed by atoms with van der Waals surface area (Å²) < 4.78 is 40.2. The molecule has 81 heavy (non-hydrogen) atoms. The van der Waals surface area contributed by atoms with Gasteiger partial charge in [0.2, 0.25) is 11.9 Å². The SMILES string of the molecule is Cc1cnc(N[C@H]2CC[C@@H]2NC(=O)OC(C)(C)C)nc1-c1c[nH]c2nc(-c3c(C)noc3C)ccc12.Cc1cnc(N[C@H]2CC[C@@H]2NC(=O)OC(C)(C)C)nc1-c1cn(-c2ccccc2)c2nc(-c3c(C)noc3C)ccc12.O=S=O. The number of nitrogens with one attached hydrogen (secondary N) is 5. The van der Waals surface area contributed by atoms with Gasteiger partial charge in [0.1, 0.15) is 34.0 Å². The fourth-order valence-corrected chi connectivity index (χ4v) is 9.76. The molecule has 2 aliphatic rings. The lowest BCUT2D eigenvalue weighted by Gasteiger charge is -2.37. The van der Waals surface area contributed by atoms with Gasteiger partial charge >= 0.3 is 23.8 Å². The molecule has 2 fully saturated rings. The molecular formula is C58H66N14O8S. The number of benzene rings is 1. The number of aromatic amines is 1. The van der Waals surface area contributed by atoms with Crippen molar-refractivity contribution in [3.05, 3.63) is 113 Å². The van der Waals surface area contributed by atoms with Gasteiger partial charge in [-0.3, -0.25) is 0 Å². The second-order valence-corrected chi connectivity index (χ2v) is 22.3. The highest BCUT2D eigenvalue weighted by atomic mass is 32.1. The van der Waals surface area contributed by atoms with Crippen molar-refractivity contribution >= 4 is 57.7 Å². The lowest BCUT2D eigenvalue weighted by atomic mass is 9.86. The Labute approximate surface area is 471 Å². The molecule has 1 aromatic carbocycles. The molecule has 23 heteroatoms. The van der Waals surface area contributed by atoms with Crippen LogP contribution < -0.4 is 21.3 Å². The molecule has 0 bridgehead atoms. The summed E-state index contributed by atoms with van der Waals surface area (Å²) >= 11 is -0.750. The lowest BCUT2D eigenvalue weighted by molar-refractivity contribution is 0.0460. The van der Waals surface area contributed by atoms with E-state index in [4.69, 9.17) is 46.9 Å². The van der Waals surface area contributed by atoms with Crippen LogP contribution in [0.5, 0.6) is 0 Å². The summed E-state index contributed by atoms with van der Waals surface area (Å²) in [5, 5.41) is 22.8. The zero-order chi connectivity index (χ0) is 57.9. The summed E-state index contributed by atoms with van der Waals surface area (Å²) in [6, 6.07) is 18.2. The van der Waals surface area contributed by atoms with Crippen LogP contribution in [0.3, 0.4) is 0 Å². The van der Waals surface area contributed by atoms with E-state index in [1.807, 2.05) is 138 Å². The van der Waals surface area contributed by atoms with E-state index in [2.05, 4.69) is 75.5 Å². The molecule has 8 aromatic heterocycles. The molecule has 4 atom stereocenters. The fraction of sp³-hybridized carbons (Fsp3) is 0.379. The Morgan fingerprint density at radius 3 is 1.54 bits per heavy atom. The van der Waals surface area contributed by atoms with Crippen LogP contribution in [-0.4, -0.2) is 106 Å². The van der Waals surface area contributed by atoms with Crippen LogP contribution >= 0.6 is 0 Å². The van der Waals surface area contributed by atoms with Crippen molar-refractivity contribution < 1.29 is 36.5 Å². The van der Waals surface area contributed by atoms with E-state index in [-0.39, 0.29) is 24.2 Å². The number of ether oxygens (including phenoxy) is 2.